The molecule has 0 saturated carbocycles. The molecule has 0 aliphatic carbocycles. The lowest BCUT2D eigenvalue weighted by molar-refractivity contribution is 0.126. The maximum Gasteiger partial charge on any atom is 0.169 e. The predicted octanol–water partition coefficient (Wildman–Crippen LogP) is 3.48. The van der Waals surface area contributed by atoms with Crippen molar-refractivity contribution in [2.45, 2.75) is 52.6 Å². The van der Waals surface area contributed by atoms with Crippen LogP contribution in [0, 0.1) is 11.7 Å². The monoisotopic (exact) mass is 374 g/mol. The molecule has 2 aromatic rings. The Morgan fingerprint density at radius 2 is 1.78 bits per heavy atom. The van der Waals surface area contributed by atoms with Gasteiger partial charge in [-0.05, 0) is 48.7 Å². The van der Waals surface area contributed by atoms with E-state index in [9.17, 15) is 4.39 Å². The Kier molecular flexibility index (Phi) is 5.79. The fourth-order valence-electron chi connectivity index (χ4n) is 3.79. The Hall–Kier alpha value is -2.02. The second kappa shape index (κ2) is 7.92. The molecule has 3 rings (SSSR count). The van der Waals surface area contributed by atoms with E-state index in [1.807, 2.05) is 16.8 Å². The smallest absolute Gasteiger partial charge is 0.169 e. The number of halogens is 1. The van der Waals surface area contributed by atoms with Crippen LogP contribution >= 0.6 is 0 Å². The minimum atomic E-state index is -0.153. The lowest BCUT2D eigenvalue weighted by Crippen LogP contribution is -2.49. The first kappa shape index (κ1) is 19.7. The van der Waals surface area contributed by atoms with E-state index in [2.05, 4.69) is 59.9 Å². The Balaban J connectivity index is 1.79. The van der Waals surface area contributed by atoms with E-state index in [4.69, 9.17) is 0 Å². The number of tetrazole rings is 1. The highest BCUT2D eigenvalue weighted by atomic mass is 19.1. The zero-order chi connectivity index (χ0) is 19.6. The summed E-state index contributed by atoms with van der Waals surface area (Å²) in [4.78, 5) is 4.57. The molecule has 0 bridgehead atoms. The second-order valence-electron chi connectivity index (χ2n) is 8.28. The summed E-state index contributed by atoms with van der Waals surface area (Å²) in [6, 6.07) is 7.16. The fourth-order valence-corrected chi connectivity index (χ4v) is 3.79. The van der Waals surface area contributed by atoms with Crippen LogP contribution in [-0.4, -0.2) is 51.3 Å². The molecule has 1 fully saturated rings. The summed E-state index contributed by atoms with van der Waals surface area (Å²) in [6.45, 7) is 14.2. The first-order chi connectivity index (χ1) is 12.8. The largest absolute Gasteiger partial charge is 0.367 e. The molecule has 0 spiro atoms. The maximum atomic E-state index is 14.1. The molecule has 2 heterocycles. The summed E-state index contributed by atoms with van der Waals surface area (Å²) in [7, 11) is 0. The van der Waals surface area contributed by atoms with Gasteiger partial charge in [0.05, 0.1) is 17.3 Å². The minimum absolute atomic E-state index is 0.124. The zero-order valence-corrected chi connectivity index (χ0v) is 17.1. The van der Waals surface area contributed by atoms with Crippen molar-refractivity contribution in [1.82, 2.24) is 25.1 Å². The predicted molar refractivity (Wildman–Crippen MR) is 105 cm³/mol. The van der Waals surface area contributed by atoms with Crippen LogP contribution in [-0.2, 0) is 5.54 Å². The highest BCUT2D eigenvalue weighted by Gasteiger charge is 2.34. The maximum absolute atomic E-state index is 14.1. The molecule has 0 N–H and O–H groups in total. The van der Waals surface area contributed by atoms with Crippen molar-refractivity contribution in [3.8, 4) is 0 Å². The van der Waals surface area contributed by atoms with Gasteiger partial charge in [-0.25, -0.2) is 9.07 Å². The van der Waals surface area contributed by atoms with Crippen molar-refractivity contribution < 1.29 is 4.39 Å². The van der Waals surface area contributed by atoms with Crippen LogP contribution in [0.5, 0.6) is 0 Å². The molecule has 0 radical (unpaired) electrons. The van der Waals surface area contributed by atoms with E-state index in [0.29, 0.717) is 11.6 Å². The molecule has 148 valence electrons. The van der Waals surface area contributed by atoms with Gasteiger partial charge in [0, 0.05) is 26.2 Å². The van der Waals surface area contributed by atoms with Crippen LogP contribution in [0.1, 0.15) is 52.9 Å². The number of hydrogen-bond donors (Lipinski definition) is 0. The summed E-state index contributed by atoms with van der Waals surface area (Å²) in [5.41, 5.74) is 0.566. The highest BCUT2D eigenvalue weighted by Crippen LogP contribution is 2.32. The molecule has 1 atom stereocenters. The number of hydrogen-bond acceptors (Lipinski definition) is 5. The van der Waals surface area contributed by atoms with Crippen molar-refractivity contribution in [2.24, 2.45) is 5.92 Å². The molecular weight excluding hydrogens is 343 g/mol. The summed E-state index contributed by atoms with van der Waals surface area (Å²) in [5.74, 6) is 1.15. The molecule has 1 aliphatic heterocycles. The van der Waals surface area contributed by atoms with Crippen molar-refractivity contribution >= 4 is 5.69 Å². The molecule has 27 heavy (non-hydrogen) atoms. The van der Waals surface area contributed by atoms with Gasteiger partial charge in [-0.3, -0.25) is 4.90 Å². The molecule has 1 saturated heterocycles. The first-order valence-electron chi connectivity index (χ1n) is 9.87. The first-order valence-corrected chi connectivity index (χ1v) is 9.87. The third kappa shape index (κ3) is 3.98. The van der Waals surface area contributed by atoms with Crippen molar-refractivity contribution in [2.75, 3.05) is 31.1 Å². The van der Waals surface area contributed by atoms with Crippen LogP contribution in [0.4, 0.5) is 10.1 Å². The van der Waals surface area contributed by atoms with Crippen molar-refractivity contribution in [3.63, 3.8) is 0 Å². The van der Waals surface area contributed by atoms with Gasteiger partial charge in [0.15, 0.2) is 5.82 Å². The quantitative estimate of drug-likeness (QED) is 0.775. The van der Waals surface area contributed by atoms with Gasteiger partial charge in [0.25, 0.3) is 0 Å². The molecule has 0 amide bonds. The van der Waals surface area contributed by atoms with Crippen LogP contribution in [0.3, 0.4) is 0 Å². The molecule has 6 nitrogen and oxygen atoms in total. The average molecular weight is 375 g/mol. The van der Waals surface area contributed by atoms with Crippen molar-refractivity contribution in [3.05, 3.63) is 35.9 Å². The molecular formula is C20H31FN6. The Labute approximate surface area is 161 Å². The molecule has 0 unspecified atom stereocenters. The topological polar surface area (TPSA) is 50.1 Å². The summed E-state index contributed by atoms with van der Waals surface area (Å²) >= 11 is 0. The number of benzene rings is 1. The Bertz CT molecular complexity index is 748. The number of piperazine rings is 1. The lowest BCUT2D eigenvalue weighted by Gasteiger charge is -2.41. The van der Waals surface area contributed by atoms with Crippen LogP contribution in [0.15, 0.2) is 24.3 Å². The summed E-state index contributed by atoms with van der Waals surface area (Å²) in [6.07, 6.45) is 0.955. The van der Waals surface area contributed by atoms with Gasteiger partial charge in [-0.2, -0.15) is 0 Å². The van der Waals surface area contributed by atoms with E-state index in [-0.39, 0.29) is 17.4 Å². The minimum Gasteiger partial charge on any atom is -0.367 e. The van der Waals surface area contributed by atoms with Gasteiger partial charge in [0.2, 0.25) is 0 Å². The molecule has 1 aromatic carbocycles. The summed E-state index contributed by atoms with van der Waals surface area (Å²) in [5, 5.41) is 12.7. The lowest BCUT2D eigenvalue weighted by atomic mass is 9.97. The van der Waals surface area contributed by atoms with E-state index < -0.39 is 0 Å². The molecule has 1 aromatic heterocycles. The normalized spacial score (nSPS) is 17.5. The van der Waals surface area contributed by atoms with Crippen LogP contribution in [0.25, 0.3) is 0 Å². The Morgan fingerprint density at radius 1 is 1.11 bits per heavy atom. The molecule has 1 aliphatic rings. The second-order valence-corrected chi connectivity index (χ2v) is 8.28. The van der Waals surface area contributed by atoms with Crippen molar-refractivity contribution in [1.29, 1.82) is 0 Å². The molecule has 7 heteroatoms. The number of rotatable bonds is 6. The highest BCUT2D eigenvalue weighted by molar-refractivity contribution is 5.48. The fraction of sp³-hybridized carbons (Fsp3) is 0.650. The average Bonchev–Trinajstić information content (AvgIpc) is 3.13. The number of aromatic nitrogens is 4. The summed E-state index contributed by atoms with van der Waals surface area (Å²) < 4.78 is 16.1. The standard InChI is InChI=1S/C20H31FN6/c1-6-20(4,5)27-19(22-23-24-27)18(15(2)3)26-13-11-25(12-14-26)17-10-8-7-9-16(17)21/h7-10,15,18H,6,11-14H2,1-5H3/t18-/m0/s1. The van der Waals surface area contributed by atoms with Gasteiger partial charge < -0.3 is 4.90 Å². The number of anilines is 1. The van der Waals surface area contributed by atoms with Crippen LogP contribution < -0.4 is 4.90 Å². The van der Waals surface area contributed by atoms with E-state index in [1.165, 1.54) is 6.07 Å². The third-order valence-corrected chi connectivity index (χ3v) is 5.73. The third-order valence-electron chi connectivity index (χ3n) is 5.73. The number of nitrogens with zero attached hydrogens (tertiary/aromatic N) is 6. The van der Waals surface area contributed by atoms with Gasteiger partial charge in [-0.15, -0.1) is 5.10 Å². The van der Waals surface area contributed by atoms with E-state index in [1.54, 1.807) is 6.07 Å². The van der Waals surface area contributed by atoms with Gasteiger partial charge in [-0.1, -0.05) is 32.9 Å². The van der Waals surface area contributed by atoms with Gasteiger partial charge >= 0.3 is 0 Å². The Morgan fingerprint density at radius 3 is 2.37 bits per heavy atom. The van der Waals surface area contributed by atoms with Gasteiger partial charge in [0.1, 0.15) is 5.82 Å². The van der Waals surface area contributed by atoms with Crippen LogP contribution in [0.2, 0.25) is 0 Å². The SMILES string of the molecule is CCC(C)(C)n1nnnc1[C@H](C(C)C)N1CCN(c2ccccc2F)CC1. The van der Waals surface area contributed by atoms with E-state index >= 15 is 0 Å². The zero-order valence-electron chi connectivity index (χ0n) is 17.1. The number of para-hydroxylation sites is 1. The van der Waals surface area contributed by atoms with E-state index in [0.717, 1.165) is 38.4 Å².